The minimum Gasteiger partial charge on any atom is -0.361 e. The Morgan fingerprint density at radius 1 is 1.33 bits per heavy atom. The highest BCUT2D eigenvalue weighted by Crippen LogP contribution is 2.13. The second-order valence-electron chi connectivity index (χ2n) is 7.20. The quantitative estimate of drug-likeness (QED) is 0.495. The van der Waals surface area contributed by atoms with Gasteiger partial charge in [0.15, 0.2) is 5.96 Å². The molecule has 0 atom stereocenters. The number of likely N-dealkylation sites (tertiary alicyclic amines) is 1. The van der Waals surface area contributed by atoms with E-state index in [1.165, 1.54) is 6.26 Å². The maximum Gasteiger partial charge on any atom is 0.191 e. The SMILES string of the molecule is CCNC(=NCCc1c(C)noc1C)NC1CCN(CCS(C)(=O)=O)CC1. The van der Waals surface area contributed by atoms with E-state index in [-0.39, 0.29) is 5.75 Å². The van der Waals surface area contributed by atoms with E-state index >= 15 is 0 Å². The third-order valence-corrected chi connectivity index (χ3v) is 5.79. The van der Waals surface area contributed by atoms with E-state index in [9.17, 15) is 8.42 Å². The molecule has 2 rings (SSSR count). The zero-order valence-corrected chi connectivity index (χ0v) is 17.7. The fourth-order valence-corrected chi connectivity index (χ4v) is 3.84. The monoisotopic (exact) mass is 399 g/mol. The standard InChI is InChI=1S/C18H33N5O3S/c1-5-19-18(20-9-6-17-14(2)22-26-15(17)3)21-16-7-10-23(11-8-16)12-13-27(4,24)25/h16H,5-13H2,1-4H3,(H2,19,20,21). The summed E-state index contributed by atoms with van der Waals surface area (Å²) in [6, 6.07) is 0.358. The van der Waals surface area contributed by atoms with Crippen molar-refractivity contribution in [3.63, 3.8) is 0 Å². The zero-order valence-electron chi connectivity index (χ0n) is 16.9. The smallest absolute Gasteiger partial charge is 0.191 e. The molecule has 0 spiro atoms. The average molecular weight is 400 g/mol. The summed E-state index contributed by atoms with van der Waals surface area (Å²) in [6.45, 7) is 9.86. The van der Waals surface area contributed by atoms with Crippen molar-refractivity contribution in [1.82, 2.24) is 20.7 Å². The van der Waals surface area contributed by atoms with Gasteiger partial charge in [-0.05, 0) is 40.0 Å². The van der Waals surface area contributed by atoms with E-state index in [4.69, 9.17) is 4.52 Å². The van der Waals surface area contributed by atoms with Crippen LogP contribution in [0.4, 0.5) is 0 Å². The molecule has 2 heterocycles. The van der Waals surface area contributed by atoms with Gasteiger partial charge in [-0.2, -0.15) is 0 Å². The minimum absolute atomic E-state index is 0.233. The number of guanidine groups is 1. The summed E-state index contributed by atoms with van der Waals surface area (Å²) in [5.41, 5.74) is 2.07. The fourth-order valence-electron chi connectivity index (χ4n) is 3.25. The molecule has 0 aliphatic carbocycles. The van der Waals surface area contributed by atoms with E-state index in [0.29, 0.717) is 19.1 Å². The summed E-state index contributed by atoms with van der Waals surface area (Å²) in [4.78, 5) is 6.91. The lowest BCUT2D eigenvalue weighted by atomic mass is 10.1. The Labute approximate surface area is 162 Å². The average Bonchev–Trinajstić information content (AvgIpc) is 2.92. The number of piperidine rings is 1. The van der Waals surface area contributed by atoms with Gasteiger partial charge in [-0.25, -0.2) is 8.42 Å². The molecule has 0 saturated carbocycles. The van der Waals surface area contributed by atoms with Gasteiger partial charge in [0, 0.05) is 50.6 Å². The van der Waals surface area contributed by atoms with Crippen molar-refractivity contribution in [2.45, 2.75) is 46.1 Å². The van der Waals surface area contributed by atoms with Crippen molar-refractivity contribution in [3.8, 4) is 0 Å². The normalized spacial score (nSPS) is 17.3. The van der Waals surface area contributed by atoms with Crippen molar-refractivity contribution in [2.75, 3.05) is 44.7 Å². The summed E-state index contributed by atoms with van der Waals surface area (Å²) in [5.74, 6) is 1.93. The number of hydrogen-bond donors (Lipinski definition) is 2. The lowest BCUT2D eigenvalue weighted by Crippen LogP contribution is -2.49. The Morgan fingerprint density at radius 2 is 2.04 bits per heavy atom. The van der Waals surface area contributed by atoms with Crippen LogP contribution in [0.25, 0.3) is 0 Å². The number of sulfone groups is 1. The molecule has 0 unspecified atom stereocenters. The first-order valence-electron chi connectivity index (χ1n) is 9.65. The van der Waals surface area contributed by atoms with Crippen LogP contribution in [-0.2, 0) is 16.3 Å². The van der Waals surface area contributed by atoms with E-state index in [1.807, 2.05) is 13.8 Å². The molecule has 154 valence electrons. The topological polar surface area (TPSA) is 99.8 Å². The van der Waals surface area contributed by atoms with Crippen LogP contribution in [0.15, 0.2) is 9.52 Å². The number of nitrogens with zero attached hydrogens (tertiary/aromatic N) is 3. The van der Waals surface area contributed by atoms with Gasteiger partial charge in [-0.3, -0.25) is 4.99 Å². The van der Waals surface area contributed by atoms with Crippen molar-refractivity contribution in [3.05, 3.63) is 17.0 Å². The molecule has 1 fully saturated rings. The molecule has 1 aromatic heterocycles. The first kappa shape index (κ1) is 21.7. The third-order valence-electron chi connectivity index (χ3n) is 4.86. The molecule has 1 aromatic rings. The number of aliphatic imine (C=N–C) groups is 1. The van der Waals surface area contributed by atoms with Gasteiger partial charge < -0.3 is 20.1 Å². The van der Waals surface area contributed by atoms with Crippen molar-refractivity contribution < 1.29 is 12.9 Å². The van der Waals surface area contributed by atoms with Crippen molar-refractivity contribution in [2.24, 2.45) is 4.99 Å². The number of aryl methyl sites for hydroxylation is 2. The van der Waals surface area contributed by atoms with Gasteiger partial charge in [0.2, 0.25) is 0 Å². The number of nitrogens with one attached hydrogen (secondary N) is 2. The highest BCUT2D eigenvalue weighted by molar-refractivity contribution is 7.90. The third kappa shape index (κ3) is 7.50. The van der Waals surface area contributed by atoms with Crippen LogP contribution in [0.1, 0.15) is 36.8 Å². The molecule has 0 radical (unpaired) electrons. The second-order valence-corrected chi connectivity index (χ2v) is 9.46. The van der Waals surface area contributed by atoms with Gasteiger partial charge >= 0.3 is 0 Å². The Kier molecular flexibility index (Phi) is 8.09. The van der Waals surface area contributed by atoms with Crippen LogP contribution in [-0.4, -0.2) is 75.2 Å². The Bertz CT molecular complexity index is 702. The Hall–Kier alpha value is -1.61. The highest BCUT2D eigenvalue weighted by Gasteiger charge is 2.20. The lowest BCUT2D eigenvalue weighted by molar-refractivity contribution is 0.216. The van der Waals surface area contributed by atoms with Gasteiger partial charge in [-0.15, -0.1) is 0 Å². The minimum atomic E-state index is -2.90. The molecule has 1 saturated heterocycles. The van der Waals surface area contributed by atoms with Crippen LogP contribution >= 0.6 is 0 Å². The van der Waals surface area contributed by atoms with E-state index < -0.39 is 9.84 Å². The highest BCUT2D eigenvalue weighted by atomic mass is 32.2. The molecule has 0 bridgehead atoms. The van der Waals surface area contributed by atoms with Gasteiger partial charge in [0.1, 0.15) is 15.6 Å². The Morgan fingerprint density at radius 3 is 2.59 bits per heavy atom. The predicted molar refractivity (Wildman–Crippen MR) is 108 cm³/mol. The summed E-state index contributed by atoms with van der Waals surface area (Å²) in [5, 5.41) is 10.8. The number of aromatic nitrogens is 1. The maximum atomic E-state index is 11.3. The molecule has 8 nitrogen and oxygen atoms in total. The second kappa shape index (κ2) is 10.1. The summed E-state index contributed by atoms with van der Waals surface area (Å²) in [7, 11) is -2.90. The van der Waals surface area contributed by atoms with Crippen LogP contribution in [0.5, 0.6) is 0 Å². The molecule has 2 N–H and O–H groups in total. The van der Waals surface area contributed by atoms with Crippen LogP contribution < -0.4 is 10.6 Å². The van der Waals surface area contributed by atoms with Gasteiger partial charge in [0.05, 0.1) is 11.4 Å². The first-order valence-corrected chi connectivity index (χ1v) is 11.7. The van der Waals surface area contributed by atoms with Crippen LogP contribution in [0.2, 0.25) is 0 Å². The molecule has 1 aliphatic rings. The lowest BCUT2D eigenvalue weighted by Gasteiger charge is -2.32. The summed E-state index contributed by atoms with van der Waals surface area (Å²) >= 11 is 0. The summed E-state index contributed by atoms with van der Waals surface area (Å²) < 4.78 is 27.8. The molecular formula is C18H33N5O3S. The predicted octanol–water partition coefficient (Wildman–Crippen LogP) is 0.898. The largest absolute Gasteiger partial charge is 0.361 e. The number of rotatable bonds is 8. The van der Waals surface area contributed by atoms with Crippen LogP contribution in [0, 0.1) is 13.8 Å². The first-order chi connectivity index (χ1) is 12.8. The van der Waals surface area contributed by atoms with Crippen molar-refractivity contribution >= 4 is 15.8 Å². The maximum absolute atomic E-state index is 11.3. The molecule has 27 heavy (non-hydrogen) atoms. The summed E-state index contributed by atoms with van der Waals surface area (Å²) in [6.07, 6.45) is 4.07. The van der Waals surface area contributed by atoms with Crippen LogP contribution in [0.3, 0.4) is 0 Å². The van der Waals surface area contributed by atoms with E-state index in [2.05, 4.69) is 32.6 Å². The zero-order chi connectivity index (χ0) is 19.9. The molecule has 9 heteroatoms. The van der Waals surface area contributed by atoms with E-state index in [0.717, 1.165) is 61.9 Å². The van der Waals surface area contributed by atoms with Gasteiger partial charge in [0.25, 0.3) is 0 Å². The molecule has 0 aromatic carbocycles. The number of hydrogen-bond acceptors (Lipinski definition) is 6. The molecular weight excluding hydrogens is 366 g/mol. The van der Waals surface area contributed by atoms with E-state index in [1.54, 1.807) is 0 Å². The Balaban J connectivity index is 1.80. The van der Waals surface area contributed by atoms with Crippen molar-refractivity contribution in [1.29, 1.82) is 0 Å². The van der Waals surface area contributed by atoms with Gasteiger partial charge in [-0.1, -0.05) is 5.16 Å². The molecule has 1 aliphatic heterocycles. The molecule has 0 amide bonds. The fraction of sp³-hybridized carbons (Fsp3) is 0.778.